The first-order chi connectivity index (χ1) is 6.56. The van der Waals surface area contributed by atoms with E-state index in [1.807, 2.05) is 0 Å². The lowest BCUT2D eigenvalue weighted by Crippen LogP contribution is -2.13. The second-order valence-corrected chi connectivity index (χ2v) is 3.86. The number of methoxy groups -OCH3 is 1. The predicted molar refractivity (Wildman–Crippen MR) is 51.0 cm³/mol. The van der Waals surface area contributed by atoms with Crippen LogP contribution in [0.2, 0.25) is 0 Å². The monoisotopic (exact) mass is 220 g/mol. The van der Waals surface area contributed by atoms with Crippen molar-refractivity contribution in [3.05, 3.63) is 12.2 Å². The van der Waals surface area contributed by atoms with Gasteiger partial charge in [0.15, 0.2) is 0 Å². The van der Waals surface area contributed by atoms with Crippen LogP contribution in [0.25, 0.3) is 0 Å². The molecule has 0 amide bonds. The number of hydrogen-bond acceptors (Lipinski definition) is 5. The quantitative estimate of drug-likeness (QED) is 0.359. The zero-order valence-electron chi connectivity index (χ0n) is 8.02. The minimum absolute atomic E-state index is 0.0768. The third kappa shape index (κ3) is 7.63. The fourth-order valence-corrected chi connectivity index (χ4v) is 0.830. The first-order valence-corrected chi connectivity index (χ1v) is 5.51. The van der Waals surface area contributed by atoms with Crippen LogP contribution in [0.4, 0.5) is 0 Å². The predicted octanol–water partition coefficient (Wildman–Crippen LogP) is -0.363. The summed E-state index contributed by atoms with van der Waals surface area (Å²) in [4.78, 5) is 21.4. The van der Waals surface area contributed by atoms with Crippen LogP contribution in [0.3, 0.4) is 0 Å². The average Bonchev–Trinajstić information content (AvgIpc) is 2.13. The van der Waals surface area contributed by atoms with E-state index >= 15 is 0 Å². The SMILES string of the molecule is COC(=O)/C=C/C(=O)OCC[S+](C)[O-]. The van der Waals surface area contributed by atoms with Crippen molar-refractivity contribution in [3.63, 3.8) is 0 Å². The Morgan fingerprint density at radius 2 is 1.93 bits per heavy atom. The molecule has 6 heteroatoms. The van der Waals surface area contributed by atoms with Crippen LogP contribution in [0.1, 0.15) is 0 Å². The molecule has 0 saturated heterocycles. The van der Waals surface area contributed by atoms with Crippen molar-refractivity contribution in [1.82, 2.24) is 0 Å². The van der Waals surface area contributed by atoms with Crippen molar-refractivity contribution in [2.45, 2.75) is 0 Å². The standard InChI is InChI=1S/C8H12O5S/c1-12-7(9)3-4-8(10)13-5-6-14(2)11/h3-4H,5-6H2,1-2H3/b4-3+. The maximum Gasteiger partial charge on any atom is 0.331 e. The largest absolute Gasteiger partial charge is 0.616 e. The van der Waals surface area contributed by atoms with Gasteiger partial charge in [-0.1, -0.05) is 11.2 Å². The van der Waals surface area contributed by atoms with E-state index in [1.165, 1.54) is 13.4 Å². The van der Waals surface area contributed by atoms with Gasteiger partial charge in [-0.2, -0.15) is 0 Å². The molecule has 14 heavy (non-hydrogen) atoms. The van der Waals surface area contributed by atoms with E-state index in [2.05, 4.69) is 9.47 Å². The van der Waals surface area contributed by atoms with Gasteiger partial charge in [-0.05, 0) is 0 Å². The van der Waals surface area contributed by atoms with Crippen molar-refractivity contribution in [2.75, 3.05) is 25.7 Å². The minimum atomic E-state index is -0.989. The van der Waals surface area contributed by atoms with Gasteiger partial charge in [-0.25, -0.2) is 9.59 Å². The molecule has 0 fully saturated rings. The summed E-state index contributed by atoms with van der Waals surface area (Å²) in [5, 5.41) is 0. The molecule has 0 aromatic carbocycles. The maximum atomic E-state index is 10.8. The molecule has 5 nitrogen and oxygen atoms in total. The number of rotatable bonds is 5. The maximum absolute atomic E-state index is 10.8. The lowest BCUT2D eigenvalue weighted by Gasteiger charge is -2.03. The third-order valence-corrected chi connectivity index (χ3v) is 1.91. The molecule has 0 aromatic rings. The molecule has 0 saturated carbocycles. The highest BCUT2D eigenvalue weighted by molar-refractivity contribution is 7.90. The third-order valence-electron chi connectivity index (χ3n) is 1.17. The molecule has 1 unspecified atom stereocenters. The van der Waals surface area contributed by atoms with Crippen LogP contribution in [-0.4, -0.2) is 42.2 Å². The Bertz CT molecular complexity index is 224. The number of carbonyl (C=O) groups is 2. The van der Waals surface area contributed by atoms with Gasteiger partial charge in [-0.3, -0.25) is 0 Å². The topological polar surface area (TPSA) is 75.7 Å². The lowest BCUT2D eigenvalue weighted by atomic mass is 10.5. The normalized spacial score (nSPS) is 12.5. The van der Waals surface area contributed by atoms with E-state index < -0.39 is 23.1 Å². The number of hydrogen-bond donors (Lipinski definition) is 0. The number of ether oxygens (including phenoxy) is 2. The first kappa shape index (κ1) is 13.0. The van der Waals surface area contributed by atoms with Crippen molar-refractivity contribution in [1.29, 1.82) is 0 Å². The van der Waals surface area contributed by atoms with Crippen LogP contribution in [-0.2, 0) is 30.2 Å². The molecule has 0 rings (SSSR count). The summed E-state index contributed by atoms with van der Waals surface area (Å²) in [5.74, 6) is -0.987. The summed E-state index contributed by atoms with van der Waals surface area (Å²) in [6, 6.07) is 0. The lowest BCUT2D eigenvalue weighted by molar-refractivity contribution is -0.138. The van der Waals surface area contributed by atoms with E-state index in [4.69, 9.17) is 0 Å². The highest BCUT2D eigenvalue weighted by Gasteiger charge is 2.02. The summed E-state index contributed by atoms with van der Waals surface area (Å²) in [5.41, 5.74) is 0. The molecule has 0 aliphatic rings. The molecule has 0 N–H and O–H groups in total. The van der Waals surface area contributed by atoms with Crippen molar-refractivity contribution < 1.29 is 23.6 Å². The van der Waals surface area contributed by atoms with Gasteiger partial charge in [0.2, 0.25) is 0 Å². The van der Waals surface area contributed by atoms with E-state index in [0.29, 0.717) is 0 Å². The van der Waals surface area contributed by atoms with Crippen molar-refractivity contribution in [3.8, 4) is 0 Å². The number of carbonyl (C=O) groups excluding carboxylic acids is 2. The van der Waals surface area contributed by atoms with Crippen LogP contribution in [0.5, 0.6) is 0 Å². The van der Waals surface area contributed by atoms with Gasteiger partial charge >= 0.3 is 11.9 Å². The van der Waals surface area contributed by atoms with Crippen molar-refractivity contribution >= 4 is 23.1 Å². The van der Waals surface area contributed by atoms with Gasteiger partial charge < -0.3 is 14.0 Å². The summed E-state index contributed by atoms with van der Waals surface area (Å²) in [7, 11) is 1.21. The molecule has 0 spiro atoms. The Morgan fingerprint density at radius 3 is 2.43 bits per heavy atom. The highest BCUT2D eigenvalue weighted by Crippen LogP contribution is 1.87. The van der Waals surface area contributed by atoms with E-state index in [9.17, 15) is 14.1 Å². The summed E-state index contributed by atoms with van der Waals surface area (Å²) >= 11 is -0.989. The first-order valence-electron chi connectivity index (χ1n) is 3.79. The zero-order chi connectivity index (χ0) is 11.0. The molecule has 0 aliphatic carbocycles. The molecule has 0 heterocycles. The molecular formula is C8H12O5S. The van der Waals surface area contributed by atoms with Crippen LogP contribution in [0, 0.1) is 0 Å². The van der Waals surface area contributed by atoms with Gasteiger partial charge in [0.25, 0.3) is 0 Å². The smallest absolute Gasteiger partial charge is 0.331 e. The molecule has 0 radical (unpaired) electrons. The fourth-order valence-electron chi connectivity index (χ4n) is 0.512. The molecule has 0 bridgehead atoms. The Labute approximate surface area is 85.2 Å². The molecule has 0 aromatic heterocycles. The van der Waals surface area contributed by atoms with Gasteiger partial charge in [0, 0.05) is 12.2 Å². The Morgan fingerprint density at radius 1 is 1.36 bits per heavy atom. The van der Waals surface area contributed by atoms with E-state index in [1.54, 1.807) is 0 Å². The van der Waals surface area contributed by atoms with Crippen LogP contribution >= 0.6 is 0 Å². The minimum Gasteiger partial charge on any atom is -0.616 e. The Kier molecular flexibility index (Phi) is 6.87. The van der Waals surface area contributed by atoms with E-state index in [0.717, 1.165) is 12.2 Å². The molecule has 0 aliphatic heterocycles. The zero-order valence-corrected chi connectivity index (χ0v) is 8.83. The van der Waals surface area contributed by atoms with Crippen LogP contribution in [0.15, 0.2) is 12.2 Å². The van der Waals surface area contributed by atoms with Crippen LogP contribution < -0.4 is 0 Å². The molecular weight excluding hydrogens is 208 g/mol. The summed E-state index contributed by atoms with van der Waals surface area (Å²) in [6.45, 7) is 0.0768. The molecule has 80 valence electrons. The summed E-state index contributed by atoms with van der Waals surface area (Å²) < 4.78 is 19.4. The Balaban J connectivity index is 3.65. The van der Waals surface area contributed by atoms with E-state index in [-0.39, 0.29) is 12.4 Å². The highest BCUT2D eigenvalue weighted by atomic mass is 32.2. The van der Waals surface area contributed by atoms with Crippen molar-refractivity contribution in [2.24, 2.45) is 0 Å². The van der Waals surface area contributed by atoms with Gasteiger partial charge in [0.05, 0.1) is 13.4 Å². The Hall–Kier alpha value is -1.01. The van der Waals surface area contributed by atoms with Gasteiger partial charge in [-0.15, -0.1) is 0 Å². The fraction of sp³-hybridized carbons (Fsp3) is 0.500. The summed E-state index contributed by atoms with van der Waals surface area (Å²) in [6.07, 6.45) is 3.44. The second-order valence-electron chi connectivity index (χ2n) is 2.30. The second kappa shape index (κ2) is 7.40. The van der Waals surface area contributed by atoms with Gasteiger partial charge in [0.1, 0.15) is 12.4 Å². The molecule has 1 atom stereocenters. The average molecular weight is 220 g/mol. The number of esters is 2.